The molecule has 0 aliphatic carbocycles. The molecular formula is C13H7Br2ClN2O. The Labute approximate surface area is 131 Å². The molecule has 96 valence electrons. The summed E-state index contributed by atoms with van der Waals surface area (Å²) in [4.78, 5) is 4.45. The van der Waals surface area contributed by atoms with E-state index in [4.69, 9.17) is 21.8 Å². The molecule has 6 heteroatoms. The molecule has 3 aromatic rings. The summed E-state index contributed by atoms with van der Waals surface area (Å²) >= 11 is 12.7. The number of nitrogen functional groups attached to an aromatic ring is 1. The van der Waals surface area contributed by atoms with Gasteiger partial charge in [0, 0.05) is 15.1 Å². The summed E-state index contributed by atoms with van der Waals surface area (Å²) in [6.07, 6.45) is 0. The normalized spacial score (nSPS) is 11.1. The number of hydrogen-bond donors (Lipinski definition) is 1. The largest absolute Gasteiger partial charge is 0.435 e. The maximum Gasteiger partial charge on any atom is 0.227 e. The van der Waals surface area contributed by atoms with E-state index in [2.05, 4.69) is 36.8 Å². The van der Waals surface area contributed by atoms with Crippen LogP contribution >= 0.6 is 43.5 Å². The average Bonchev–Trinajstić information content (AvgIpc) is 2.81. The number of hydrogen-bond acceptors (Lipinski definition) is 3. The Bertz CT molecular complexity index is 768. The molecule has 3 nitrogen and oxygen atoms in total. The van der Waals surface area contributed by atoms with Gasteiger partial charge in [-0.05, 0) is 62.2 Å². The third-order valence-corrected chi connectivity index (χ3v) is 4.40. The minimum atomic E-state index is 0.532. The smallest absolute Gasteiger partial charge is 0.227 e. The van der Waals surface area contributed by atoms with Crippen LogP contribution in [-0.2, 0) is 0 Å². The number of nitrogens with two attached hydrogens (primary N) is 1. The molecule has 3 rings (SSSR count). The molecule has 0 aliphatic rings. The lowest BCUT2D eigenvalue weighted by molar-refractivity contribution is 0.618. The predicted octanol–water partition coefficient (Wildman–Crippen LogP) is 5.26. The molecule has 0 unspecified atom stereocenters. The lowest BCUT2D eigenvalue weighted by atomic mass is 10.2. The molecule has 1 aromatic heterocycles. The Morgan fingerprint density at radius 2 is 1.84 bits per heavy atom. The minimum Gasteiger partial charge on any atom is -0.435 e. The molecule has 19 heavy (non-hydrogen) atoms. The monoisotopic (exact) mass is 400 g/mol. The zero-order valence-corrected chi connectivity index (χ0v) is 13.4. The molecule has 0 bridgehead atoms. The van der Waals surface area contributed by atoms with Gasteiger partial charge >= 0.3 is 0 Å². The average molecular weight is 402 g/mol. The standard InChI is InChI=1S/C13H7Br2ClN2O/c14-8-5-9-12(10(15)11(8)17)19-13(18-9)6-1-3-7(16)4-2-6/h1-5H,17H2. The van der Waals surface area contributed by atoms with Gasteiger partial charge in [-0.15, -0.1) is 0 Å². The summed E-state index contributed by atoms with van der Waals surface area (Å²) in [6, 6.07) is 9.15. The van der Waals surface area contributed by atoms with E-state index in [1.54, 1.807) is 12.1 Å². The van der Waals surface area contributed by atoms with Gasteiger partial charge in [-0.2, -0.15) is 0 Å². The van der Waals surface area contributed by atoms with Crippen LogP contribution in [0.1, 0.15) is 0 Å². The summed E-state index contributed by atoms with van der Waals surface area (Å²) in [6.45, 7) is 0. The fraction of sp³-hybridized carbons (Fsp3) is 0. The molecule has 0 radical (unpaired) electrons. The van der Waals surface area contributed by atoms with Crippen molar-refractivity contribution in [2.75, 3.05) is 5.73 Å². The maximum atomic E-state index is 5.92. The number of rotatable bonds is 1. The molecule has 1 heterocycles. The van der Waals surface area contributed by atoms with E-state index in [-0.39, 0.29) is 0 Å². The van der Waals surface area contributed by atoms with Gasteiger partial charge in [0.15, 0.2) is 5.58 Å². The number of benzene rings is 2. The molecule has 0 saturated carbocycles. The number of fused-ring (bicyclic) bond motifs is 1. The van der Waals surface area contributed by atoms with Crippen LogP contribution in [0, 0.1) is 0 Å². The molecule has 0 amide bonds. The maximum absolute atomic E-state index is 5.92. The van der Waals surface area contributed by atoms with Crippen LogP contribution in [-0.4, -0.2) is 4.98 Å². The van der Waals surface area contributed by atoms with Gasteiger partial charge in [0.1, 0.15) is 5.52 Å². The Balaban J connectivity index is 2.22. The molecule has 2 aromatic carbocycles. The Morgan fingerprint density at radius 1 is 1.16 bits per heavy atom. The number of aromatic nitrogens is 1. The van der Waals surface area contributed by atoms with E-state index in [1.165, 1.54) is 0 Å². The van der Waals surface area contributed by atoms with Crippen molar-refractivity contribution in [3.8, 4) is 11.5 Å². The Hall–Kier alpha value is -1.04. The highest BCUT2D eigenvalue weighted by molar-refractivity contribution is 9.11. The van der Waals surface area contributed by atoms with Crippen molar-refractivity contribution in [1.29, 1.82) is 0 Å². The van der Waals surface area contributed by atoms with Crippen LogP contribution < -0.4 is 5.73 Å². The zero-order valence-electron chi connectivity index (χ0n) is 9.45. The van der Waals surface area contributed by atoms with E-state index >= 15 is 0 Å². The fourth-order valence-corrected chi connectivity index (χ4v) is 3.03. The van der Waals surface area contributed by atoms with Gasteiger partial charge in [-0.1, -0.05) is 11.6 Å². The number of nitrogens with zero attached hydrogens (tertiary/aromatic N) is 1. The van der Waals surface area contributed by atoms with E-state index < -0.39 is 0 Å². The SMILES string of the molecule is Nc1c(Br)cc2nc(-c3ccc(Cl)cc3)oc2c1Br. The first-order valence-corrected chi connectivity index (χ1v) is 7.32. The summed E-state index contributed by atoms with van der Waals surface area (Å²) < 4.78 is 7.24. The van der Waals surface area contributed by atoms with Crippen molar-refractivity contribution in [2.24, 2.45) is 0 Å². The van der Waals surface area contributed by atoms with Crippen molar-refractivity contribution in [3.63, 3.8) is 0 Å². The first kappa shape index (κ1) is 13.0. The topological polar surface area (TPSA) is 52.0 Å². The zero-order chi connectivity index (χ0) is 13.6. The van der Waals surface area contributed by atoms with Gasteiger partial charge in [0.2, 0.25) is 5.89 Å². The van der Waals surface area contributed by atoms with Gasteiger partial charge in [0.05, 0.1) is 10.2 Å². The molecule has 0 saturated heterocycles. The van der Waals surface area contributed by atoms with Gasteiger partial charge < -0.3 is 10.2 Å². The van der Waals surface area contributed by atoms with Crippen molar-refractivity contribution >= 4 is 60.2 Å². The van der Waals surface area contributed by atoms with Crippen LogP contribution in [0.4, 0.5) is 5.69 Å². The van der Waals surface area contributed by atoms with Crippen LogP contribution in [0.2, 0.25) is 5.02 Å². The van der Waals surface area contributed by atoms with Crippen LogP contribution in [0.3, 0.4) is 0 Å². The third-order valence-electron chi connectivity index (χ3n) is 2.70. The van der Waals surface area contributed by atoms with Crippen LogP contribution in [0.5, 0.6) is 0 Å². The fourth-order valence-electron chi connectivity index (χ4n) is 1.73. The first-order valence-electron chi connectivity index (χ1n) is 5.36. The molecule has 0 spiro atoms. The Kier molecular flexibility index (Phi) is 3.28. The van der Waals surface area contributed by atoms with E-state index in [0.29, 0.717) is 26.7 Å². The summed E-state index contributed by atoms with van der Waals surface area (Å²) in [5, 5.41) is 0.674. The highest BCUT2D eigenvalue weighted by Crippen LogP contribution is 2.37. The number of oxazole rings is 1. The summed E-state index contributed by atoms with van der Waals surface area (Å²) in [5.74, 6) is 0.532. The molecule has 0 aliphatic heterocycles. The number of halogens is 3. The molecule has 2 N–H and O–H groups in total. The third kappa shape index (κ3) is 2.26. The van der Waals surface area contributed by atoms with E-state index in [1.807, 2.05) is 18.2 Å². The molecule has 0 atom stereocenters. The second kappa shape index (κ2) is 4.81. The van der Waals surface area contributed by atoms with E-state index in [9.17, 15) is 0 Å². The Morgan fingerprint density at radius 3 is 2.53 bits per heavy atom. The van der Waals surface area contributed by atoms with Crippen LogP contribution in [0.25, 0.3) is 22.6 Å². The quantitative estimate of drug-likeness (QED) is 0.565. The number of anilines is 1. The molecular weight excluding hydrogens is 395 g/mol. The highest BCUT2D eigenvalue weighted by Gasteiger charge is 2.15. The second-order valence-electron chi connectivity index (χ2n) is 3.96. The minimum absolute atomic E-state index is 0.532. The van der Waals surface area contributed by atoms with Gasteiger partial charge in [0.25, 0.3) is 0 Å². The lowest BCUT2D eigenvalue weighted by Gasteiger charge is -2.00. The molecule has 0 fully saturated rings. The first-order chi connectivity index (χ1) is 9.06. The highest BCUT2D eigenvalue weighted by atomic mass is 79.9. The summed E-state index contributed by atoms with van der Waals surface area (Å²) in [7, 11) is 0. The predicted molar refractivity (Wildman–Crippen MR) is 84.3 cm³/mol. The van der Waals surface area contributed by atoms with Crippen molar-refractivity contribution < 1.29 is 4.42 Å². The van der Waals surface area contributed by atoms with E-state index in [0.717, 1.165) is 15.6 Å². The summed E-state index contributed by atoms with van der Waals surface area (Å²) in [5.41, 5.74) is 8.73. The van der Waals surface area contributed by atoms with Gasteiger partial charge in [-0.3, -0.25) is 0 Å². The lowest BCUT2D eigenvalue weighted by Crippen LogP contribution is -1.88. The second-order valence-corrected chi connectivity index (χ2v) is 6.04. The van der Waals surface area contributed by atoms with Gasteiger partial charge in [-0.25, -0.2) is 4.98 Å². The van der Waals surface area contributed by atoms with Crippen LogP contribution in [0.15, 0.2) is 43.7 Å². The van der Waals surface area contributed by atoms with Crippen molar-refractivity contribution in [1.82, 2.24) is 4.98 Å². The van der Waals surface area contributed by atoms with Crippen molar-refractivity contribution in [3.05, 3.63) is 44.3 Å². The van der Waals surface area contributed by atoms with Crippen molar-refractivity contribution in [2.45, 2.75) is 0 Å².